The molecule has 1 heterocycles. The van der Waals surface area contributed by atoms with Crippen LogP contribution in [0.5, 0.6) is 0 Å². The molecule has 3 nitrogen and oxygen atoms in total. The lowest BCUT2D eigenvalue weighted by atomic mass is 10.1. The molecule has 4 heteroatoms. The lowest BCUT2D eigenvalue weighted by molar-refractivity contribution is 0.414. The third kappa shape index (κ3) is 2.96. The first kappa shape index (κ1) is 12.3. The number of thiocarbonyl (C=S) groups is 1. The summed E-state index contributed by atoms with van der Waals surface area (Å²) in [5, 5.41) is 3.54. The monoisotopic (exact) mass is 249 g/mol. The smallest absolute Gasteiger partial charge is 0.106 e. The molecule has 1 aromatic rings. The molecule has 92 valence electrons. The molecule has 0 aromatic heterocycles. The zero-order chi connectivity index (χ0) is 12.4. The van der Waals surface area contributed by atoms with Crippen molar-refractivity contribution in [2.75, 3.05) is 25.5 Å². The van der Waals surface area contributed by atoms with Gasteiger partial charge in [-0.05, 0) is 39.1 Å². The number of rotatable bonds is 3. The molecule has 0 bridgehead atoms. The Labute approximate surface area is 108 Å². The van der Waals surface area contributed by atoms with Gasteiger partial charge in [-0.25, -0.2) is 0 Å². The van der Waals surface area contributed by atoms with Crippen molar-refractivity contribution in [2.24, 2.45) is 5.73 Å². The van der Waals surface area contributed by atoms with Gasteiger partial charge in [0.15, 0.2) is 0 Å². The van der Waals surface area contributed by atoms with Gasteiger partial charge in [0.1, 0.15) is 4.99 Å². The number of nitrogens with two attached hydrogens (primary N) is 1. The second-order valence-electron chi connectivity index (χ2n) is 4.81. The Kier molecular flexibility index (Phi) is 3.64. The molecular weight excluding hydrogens is 230 g/mol. The molecule has 17 heavy (non-hydrogen) atoms. The molecule has 2 rings (SSSR count). The van der Waals surface area contributed by atoms with Crippen molar-refractivity contribution < 1.29 is 0 Å². The van der Waals surface area contributed by atoms with Crippen LogP contribution in [0.2, 0.25) is 0 Å². The van der Waals surface area contributed by atoms with Crippen molar-refractivity contribution >= 4 is 22.9 Å². The van der Waals surface area contributed by atoms with Gasteiger partial charge in [-0.1, -0.05) is 23.8 Å². The minimum atomic E-state index is 0.461. The molecule has 0 saturated carbocycles. The second-order valence-corrected chi connectivity index (χ2v) is 5.25. The van der Waals surface area contributed by atoms with Crippen LogP contribution >= 0.6 is 12.2 Å². The second kappa shape index (κ2) is 5.02. The summed E-state index contributed by atoms with van der Waals surface area (Å²) in [6.07, 6.45) is 1.17. The average Bonchev–Trinajstić information content (AvgIpc) is 2.66. The average molecular weight is 249 g/mol. The van der Waals surface area contributed by atoms with Crippen LogP contribution in [0.4, 0.5) is 5.69 Å². The molecule has 1 atom stereocenters. The molecule has 1 aliphatic rings. The summed E-state index contributed by atoms with van der Waals surface area (Å²) in [6, 6.07) is 6.70. The minimum Gasteiger partial charge on any atom is -0.389 e. The summed E-state index contributed by atoms with van der Waals surface area (Å²) in [5.41, 5.74) is 8.96. The zero-order valence-corrected chi connectivity index (χ0v) is 11.2. The Balaban J connectivity index is 2.17. The number of benzene rings is 1. The van der Waals surface area contributed by atoms with Gasteiger partial charge in [-0.2, -0.15) is 0 Å². The Bertz CT molecular complexity index is 431. The number of nitrogens with one attached hydrogen (secondary N) is 1. The van der Waals surface area contributed by atoms with Crippen molar-refractivity contribution in [3.63, 3.8) is 0 Å². The summed E-state index contributed by atoms with van der Waals surface area (Å²) in [7, 11) is 2.14. The highest BCUT2D eigenvalue weighted by Gasteiger charge is 2.20. The predicted octanol–water partition coefficient (Wildman–Crippen LogP) is 1.75. The van der Waals surface area contributed by atoms with Gasteiger partial charge >= 0.3 is 0 Å². The summed E-state index contributed by atoms with van der Waals surface area (Å²) < 4.78 is 0. The molecule has 1 saturated heterocycles. The summed E-state index contributed by atoms with van der Waals surface area (Å²) in [6.45, 7) is 4.27. The first-order valence-electron chi connectivity index (χ1n) is 5.92. The first-order valence-corrected chi connectivity index (χ1v) is 6.32. The molecule has 0 amide bonds. The first-order chi connectivity index (χ1) is 8.06. The third-order valence-corrected chi connectivity index (χ3v) is 3.41. The van der Waals surface area contributed by atoms with E-state index >= 15 is 0 Å². The largest absolute Gasteiger partial charge is 0.389 e. The third-order valence-electron chi connectivity index (χ3n) is 3.19. The normalized spacial score (nSPS) is 20.5. The quantitative estimate of drug-likeness (QED) is 0.801. The number of nitrogens with zero attached hydrogens (tertiary/aromatic N) is 1. The van der Waals surface area contributed by atoms with E-state index in [1.165, 1.54) is 12.0 Å². The molecule has 1 aliphatic heterocycles. The maximum absolute atomic E-state index is 5.77. The summed E-state index contributed by atoms with van der Waals surface area (Å²) in [5.74, 6) is 0. The molecule has 3 N–H and O–H groups in total. The van der Waals surface area contributed by atoms with Crippen LogP contribution in [0.15, 0.2) is 18.2 Å². The number of aryl methyl sites for hydroxylation is 1. The van der Waals surface area contributed by atoms with E-state index in [0.717, 1.165) is 24.3 Å². The molecule has 0 spiro atoms. The van der Waals surface area contributed by atoms with Gasteiger partial charge in [0.2, 0.25) is 0 Å². The number of likely N-dealkylation sites (tertiary alicyclic amines) is 1. The fourth-order valence-electron chi connectivity index (χ4n) is 2.26. The Hall–Kier alpha value is -1.13. The number of hydrogen-bond acceptors (Lipinski definition) is 3. The topological polar surface area (TPSA) is 41.3 Å². The van der Waals surface area contributed by atoms with E-state index in [4.69, 9.17) is 18.0 Å². The van der Waals surface area contributed by atoms with Gasteiger partial charge in [0, 0.05) is 23.8 Å². The van der Waals surface area contributed by atoms with Crippen LogP contribution in [0.3, 0.4) is 0 Å². The van der Waals surface area contributed by atoms with Gasteiger partial charge < -0.3 is 16.0 Å². The van der Waals surface area contributed by atoms with Crippen molar-refractivity contribution in [2.45, 2.75) is 19.4 Å². The number of likely N-dealkylation sites (N-methyl/N-ethyl adjacent to an activating group) is 1. The van der Waals surface area contributed by atoms with Crippen LogP contribution in [-0.4, -0.2) is 36.1 Å². The standard InChI is InChI=1S/C13H19N3S/c1-9-3-4-12(11(7-9)13(14)17)15-10-5-6-16(2)8-10/h3-4,7,10,15H,5-6,8H2,1-2H3,(H2,14,17). The predicted molar refractivity (Wildman–Crippen MR) is 76.6 cm³/mol. The minimum absolute atomic E-state index is 0.461. The molecule has 1 fully saturated rings. The van der Waals surface area contributed by atoms with E-state index in [0.29, 0.717) is 11.0 Å². The van der Waals surface area contributed by atoms with Gasteiger partial charge in [0.25, 0.3) is 0 Å². The van der Waals surface area contributed by atoms with Crippen LogP contribution in [-0.2, 0) is 0 Å². The molecule has 1 aromatic carbocycles. The van der Waals surface area contributed by atoms with Gasteiger partial charge in [0.05, 0.1) is 0 Å². The fourth-order valence-corrected chi connectivity index (χ4v) is 2.43. The highest BCUT2D eigenvalue weighted by atomic mass is 32.1. The molecular formula is C13H19N3S. The lowest BCUT2D eigenvalue weighted by Crippen LogP contribution is -2.25. The molecule has 0 aliphatic carbocycles. The lowest BCUT2D eigenvalue weighted by Gasteiger charge is -2.17. The van der Waals surface area contributed by atoms with Crippen LogP contribution < -0.4 is 11.1 Å². The van der Waals surface area contributed by atoms with E-state index in [9.17, 15) is 0 Å². The van der Waals surface area contributed by atoms with Crippen LogP contribution in [0.25, 0.3) is 0 Å². The van der Waals surface area contributed by atoms with Crippen molar-refractivity contribution in [1.29, 1.82) is 0 Å². The van der Waals surface area contributed by atoms with Gasteiger partial charge in [-0.15, -0.1) is 0 Å². The van der Waals surface area contributed by atoms with Crippen LogP contribution in [0.1, 0.15) is 17.5 Å². The van der Waals surface area contributed by atoms with E-state index in [-0.39, 0.29) is 0 Å². The van der Waals surface area contributed by atoms with Crippen molar-refractivity contribution in [1.82, 2.24) is 4.90 Å². The maximum Gasteiger partial charge on any atom is 0.106 e. The fraction of sp³-hybridized carbons (Fsp3) is 0.462. The van der Waals surface area contributed by atoms with Crippen LogP contribution in [0, 0.1) is 6.92 Å². The van der Waals surface area contributed by atoms with Crippen molar-refractivity contribution in [3.05, 3.63) is 29.3 Å². The molecule has 0 radical (unpaired) electrons. The highest BCUT2D eigenvalue weighted by Crippen LogP contribution is 2.20. The highest BCUT2D eigenvalue weighted by molar-refractivity contribution is 7.80. The Morgan fingerprint density at radius 3 is 2.88 bits per heavy atom. The summed E-state index contributed by atoms with van der Waals surface area (Å²) >= 11 is 5.10. The Morgan fingerprint density at radius 1 is 1.53 bits per heavy atom. The SMILES string of the molecule is Cc1ccc(NC2CCN(C)C2)c(C(N)=S)c1. The van der Waals surface area contributed by atoms with Gasteiger partial charge in [-0.3, -0.25) is 0 Å². The van der Waals surface area contributed by atoms with Crippen molar-refractivity contribution in [3.8, 4) is 0 Å². The van der Waals surface area contributed by atoms with E-state index < -0.39 is 0 Å². The van der Waals surface area contributed by atoms with E-state index in [2.05, 4.69) is 36.3 Å². The maximum atomic E-state index is 5.77. The number of hydrogen-bond donors (Lipinski definition) is 2. The summed E-state index contributed by atoms with van der Waals surface area (Å²) in [4.78, 5) is 2.79. The van der Waals surface area contributed by atoms with E-state index in [1.54, 1.807) is 0 Å². The number of anilines is 1. The zero-order valence-electron chi connectivity index (χ0n) is 10.4. The van der Waals surface area contributed by atoms with E-state index in [1.807, 2.05) is 6.07 Å². The molecule has 1 unspecified atom stereocenters. The Morgan fingerprint density at radius 2 is 2.29 bits per heavy atom.